The molecular formula is C12H20N4OS. The van der Waals surface area contributed by atoms with Crippen LogP contribution < -0.4 is 10.6 Å². The van der Waals surface area contributed by atoms with Gasteiger partial charge >= 0.3 is 0 Å². The second-order valence-electron chi connectivity index (χ2n) is 4.38. The van der Waals surface area contributed by atoms with Gasteiger partial charge in [-0.1, -0.05) is 0 Å². The van der Waals surface area contributed by atoms with Gasteiger partial charge in [0.1, 0.15) is 0 Å². The highest BCUT2D eigenvalue weighted by atomic mass is 32.2. The number of rotatable bonds is 6. The Labute approximate surface area is 112 Å². The number of thioether (sulfide) groups is 1. The Balaban J connectivity index is 1.54. The van der Waals surface area contributed by atoms with Gasteiger partial charge in [0.05, 0.1) is 12.3 Å². The lowest BCUT2D eigenvalue weighted by Crippen LogP contribution is -2.32. The first-order valence-electron chi connectivity index (χ1n) is 6.41. The number of nitrogens with one attached hydrogen (secondary N) is 2. The summed E-state index contributed by atoms with van der Waals surface area (Å²) >= 11 is 1.78. The van der Waals surface area contributed by atoms with Gasteiger partial charge in [-0.3, -0.25) is 9.48 Å². The highest BCUT2D eigenvalue weighted by Crippen LogP contribution is 2.19. The van der Waals surface area contributed by atoms with Crippen LogP contribution in [0.15, 0.2) is 18.5 Å². The third-order valence-electron chi connectivity index (χ3n) is 2.96. The number of piperidine rings is 1. The molecule has 0 aliphatic carbocycles. The third-order valence-corrected chi connectivity index (χ3v) is 4.33. The Morgan fingerprint density at radius 2 is 2.33 bits per heavy atom. The summed E-state index contributed by atoms with van der Waals surface area (Å²) in [6, 6.07) is 1.88. The highest BCUT2D eigenvalue weighted by Gasteiger charge is 2.14. The molecule has 0 saturated carbocycles. The van der Waals surface area contributed by atoms with Crippen LogP contribution in [0.25, 0.3) is 0 Å². The van der Waals surface area contributed by atoms with Crippen molar-refractivity contribution in [2.24, 2.45) is 0 Å². The molecule has 0 radical (unpaired) electrons. The van der Waals surface area contributed by atoms with Gasteiger partial charge in [0.25, 0.3) is 0 Å². The van der Waals surface area contributed by atoms with Crippen LogP contribution in [-0.2, 0) is 11.3 Å². The molecule has 0 spiro atoms. The minimum absolute atomic E-state index is 0.130. The quantitative estimate of drug-likeness (QED) is 0.788. The molecular weight excluding hydrogens is 248 g/mol. The summed E-state index contributed by atoms with van der Waals surface area (Å²) in [4.78, 5) is 11.6. The van der Waals surface area contributed by atoms with Crippen LogP contribution in [0.3, 0.4) is 0 Å². The van der Waals surface area contributed by atoms with Gasteiger partial charge in [0, 0.05) is 24.2 Å². The second kappa shape index (κ2) is 7.43. The van der Waals surface area contributed by atoms with Crippen LogP contribution in [0.4, 0.5) is 0 Å². The van der Waals surface area contributed by atoms with Crippen molar-refractivity contribution in [2.45, 2.75) is 24.6 Å². The predicted molar refractivity (Wildman–Crippen MR) is 73.6 cm³/mol. The topological polar surface area (TPSA) is 59.0 Å². The van der Waals surface area contributed by atoms with E-state index in [1.165, 1.54) is 12.8 Å². The Kier molecular flexibility index (Phi) is 5.54. The zero-order chi connectivity index (χ0) is 12.6. The van der Waals surface area contributed by atoms with Crippen molar-refractivity contribution in [1.29, 1.82) is 0 Å². The van der Waals surface area contributed by atoms with E-state index in [1.807, 2.05) is 16.9 Å². The summed E-state index contributed by atoms with van der Waals surface area (Å²) in [5.74, 6) is 0.703. The highest BCUT2D eigenvalue weighted by molar-refractivity contribution is 8.00. The average molecular weight is 268 g/mol. The monoisotopic (exact) mass is 268 g/mol. The SMILES string of the molecule is O=C(CSC1CCNCC1)NCCn1cccn1. The van der Waals surface area contributed by atoms with Crippen LogP contribution in [0.2, 0.25) is 0 Å². The summed E-state index contributed by atoms with van der Waals surface area (Å²) in [6.45, 7) is 3.54. The number of carbonyl (C=O) groups excluding carboxylic acids is 1. The van der Waals surface area contributed by atoms with Gasteiger partial charge in [-0.05, 0) is 32.0 Å². The van der Waals surface area contributed by atoms with Crippen LogP contribution in [0.5, 0.6) is 0 Å². The first-order chi connectivity index (χ1) is 8.84. The standard InChI is InChI=1S/C12H20N4OS/c17-12(10-18-11-2-5-13-6-3-11)14-7-9-16-8-1-4-15-16/h1,4,8,11,13H,2-3,5-7,9-10H2,(H,14,17). The maximum absolute atomic E-state index is 11.6. The van der Waals surface area contributed by atoms with Gasteiger partial charge in [-0.25, -0.2) is 0 Å². The molecule has 5 nitrogen and oxygen atoms in total. The zero-order valence-electron chi connectivity index (χ0n) is 10.5. The number of hydrogen-bond acceptors (Lipinski definition) is 4. The van der Waals surface area contributed by atoms with E-state index >= 15 is 0 Å². The molecule has 1 aromatic heterocycles. The van der Waals surface area contributed by atoms with Crippen molar-refractivity contribution in [2.75, 3.05) is 25.4 Å². The lowest BCUT2D eigenvalue weighted by atomic mass is 10.2. The molecule has 0 bridgehead atoms. The fourth-order valence-corrected chi connectivity index (χ4v) is 3.01. The smallest absolute Gasteiger partial charge is 0.230 e. The Bertz CT molecular complexity index is 349. The number of amides is 1. The Morgan fingerprint density at radius 3 is 3.06 bits per heavy atom. The summed E-state index contributed by atoms with van der Waals surface area (Å²) in [5, 5.41) is 11.0. The number of aromatic nitrogens is 2. The molecule has 18 heavy (non-hydrogen) atoms. The summed E-state index contributed by atoms with van der Waals surface area (Å²) < 4.78 is 1.82. The summed E-state index contributed by atoms with van der Waals surface area (Å²) in [5.41, 5.74) is 0. The lowest BCUT2D eigenvalue weighted by Gasteiger charge is -2.21. The molecule has 2 rings (SSSR count). The minimum Gasteiger partial charge on any atom is -0.354 e. The van der Waals surface area contributed by atoms with E-state index in [1.54, 1.807) is 18.0 Å². The van der Waals surface area contributed by atoms with Crippen LogP contribution >= 0.6 is 11.8 Å². The van der Waals surface area contributed by atoms with Crippen molar-refractivity contribution < 1.29 is 4.79 Å². The third kappa shape index (κ3) is 4.70. The van der Waals surface area contributed by atoms with Crippen molar-refractivity contribution in [3.05, 3.63) is 18.5 Å². The molecule has 1 aliphatic heterocycles. The van der Waals surface area contributed by atoms with Crippen LogP contribution in [0, 0.1) is 0 Å². The molecule has 2 N–H and O–H groups in total. The first kappa shape index (κ1) is 13.4. The molecule has 6 heteroatoms. The average Bonchev–Trinajstić information content (AvgIpc) is 2.91. The fraction of sp³-hybridized carbons (Fsp3) is 0.667. The Morgan fingerprint density at radius 1 is 1.50 bits per heavy atom. The molecule has 0 atom stereocenters. The van der Waals surface area contributed by atoms with E-state index in [4.69, 9.17) is 0 Å². The van der Waals surface area contributed by atoms with Gasteiger partial charge in [-0.2, -0.15) is 5.10 Å². The molecule has 1 amide bonds. The number of carbonyl (C=O) groups is 1. The molecule has 1 aromatic rings. The second-order valence-corrected chi connectivity index (χ2v) is 5.67. The van der Waals surface area contributed by atoms with Crippen molar-refractivity contribution in [3.63, 3.8) is 0 Å². The van der Waals surface area contributed by atoms with E-state index in [9.17, 15) is 4.79 Å². The first-order valence-corrected chi connectivity index (χ1v) is 7.46. The molecule has 1 aliphatic rings. The van der Waals surface area contributed by atoms with E-state index in [0.29, 0.717) is 17.5 Å². The van der Waals surface area contributed by atoms with Gasteiger partial charge in [0.15, 0.2) is 0 Å². The summed E-state index contributed by atoms with van der Waals surface area (Å²) in [7, 11) is 0. The molecule has 1 saturated heterocycles. The van der Waals surface area contributed by atoms with Gasteiger partial charge < -0.3 is 10.6 Å². The predicted octanol–water partition coefficient (Wildman–Crippen LogP) is 0.484. The molecule has 0 aromatic carbocycles. The van der Waals surface area contributed by atoms with Crippen LogP contribution in [0.1, 0.15) is 12.8 Å². The van der Waals surface area contributed by atoms with Crippen molar-refractivity contribution in [1.82, 2.24) is 20.4 Å². The van der Waals surface area contributed by atoms with Crippen LogP contribution in [-0.4, -0.2) is 46.3 Å². The normalized spacial score (nSPS) is 16.7. The maximum Gasteiger partial charge on any atom is 0.230 e. The minimum atomic E-state index is 0.130. The Hall–Kier alpha value is -1.01. The van der Waals surface area contributed by atoms with Crippen molar-refractivity contribution in [3.8, 4) is 0 Å². The molecule has 0 unspecified atom stereocenters. The number of nitrogens with zero attached hydrogens (tertiary/aromatic N) is 2. The lowest BCUT2D eigenvalue weighted by molar-refractivity contribution is -0.118. The number of hydrogen-bond donors (Lipinski definition) is 2. The van der Waals surface area contributed by atoms with E-state index in [-0.39, 0.29) is 5.91 Å². The van der Waals surface area contributed by atoms with E-state index in [2.05, 4.69) is 15.7 Å². The van der Waals surface area contributed by atoms with Crippen molar-refractivity contribution >= 4 is 17.7 Å². The largest absolute Gasteiger partial charge is 0.354 e. The fourth-order valence-electron chi connectivity index (χ4n) is 1.95. The molecule has 100 valence electrons. The van der Waals surface area contributed by atoms with E-state index < -0.39 is 0 Å². The molecule has 1 fully saturated rings. The van der Waals surface area contributed by atoms with E-state index in [0.717, 1.165) is 19.6 Å². The van der Waals surface area contributed by atoms with Gasteiger partial charge in [-0.15, -0.1) is 11.8 Å². The molecule has 2 heterocycles. The maximum atomic E-state index is 11.6. The zero-order valence-corrected chi connectivity index (χ0v) is 11.3. The summed E-state index contributed by atoms with van der Waals surface area (Å²) in [6.07, 6.45) is 5.99. The van der Waals surface area contributed by atoms with Gasteiger partial charge in [0.2, 0.25) is 5.91 Å².